The number of hydrogen-bond donors (Lipinski definition) is 2. The van der Waals surface area contributed by atoms with Gasteiger partial charge in [-0.25, -0.2) is 0 Å². The van der Waals surface area contributed by atoms with E-state index in [1.165, 1.54) is 14.1 Å². The van der Waals surface area contributed by atoms with Crippen molar-refractivity contribution in [1.82, 2.24) is 10.2 Å². The van der Waals surface area contributed by atoms with Crippen LogP contribution in [0, 0.1) is 6.92 Å². The first-order chi connectivity index (χ1) is 10.6. The highest BCUT2D eigenvalue weighted by Gasteiger charge is 2.35. The monoisotopic (exact) mass is 305 g/mol. The van der Waals surface area contributed by atoms with Crippen LogP contribution in [-0.2, 0) is 16.1 Å². The Labute approximate surface area is 130 Å². The van der Waals surface area contributed by atoms with Crippen LogP contribution >= 0.6 is 0 Å². The van der Waals surface area contributed by atoms with Gasteiger partial charge in [0, 0.05) is 25.6 Å². The van der Waals surface area contributed by atoms with Gasteiger partial charge in [-0.05, 0) is 32.0 Å². The Morgan fingerprint density at radius 1 is 1.45 bits per heavy atom. The van der Waals surface area contributed by atoms with E-state index in [1.807, 2.05) is 19.1 Å². The molecule has 0 bridgehead atoms. The van der Waals surface area contributed by atoms with E-state index >= 15 is 0 Å². The highest BCUT2D eigenvalue weighted by molar-refractivity contribution is 6.01. The van der Waals surface area contributed by atoms with Crippen LogP contribution in [0.15, 0.2) is 18.2 Å². The maximum absolute atomic E-state index is 12.4. The molecule has 0 saturated heterocycles. The Hall–Kier alpha value is -2.21. The van der Waals surface area contributed by atoms with Crippen LogP contribution in [0.25, 0.3) is 0 Å². The summed E-state index contributed by atoms with van der Waals surface area (Å²) in [5, 5.41) is 2.56. The van der Waals surface area contributed by atoms with E-state index in [-0.39, 0.29) is 18.2 Å². The maximum Gasteiger partial charge on any atom is 0.255 e. The lowest BCUT2D eigenvalue weighted by molar-refractivity contribution is -0.125. The average molecular weight is 305 g/mol. The van der Waals surface area contributed by atoms with Crippen molar-refractivity contribution in [3.8, 4) is 0 Å². The largest absolute Gasteiger partial charge is 0.357 e. The lowest BCUT2D eigenvalue weighted by atomic mass is 10.1. The summed E-state index contributed by atoms with van der Waals surface area (Å²) >= 11 is 0. The maximum atomic E-state index is 12.4. The second-order valence-electron chi connectivity index (χ2n) is 4.97. The normalized spacial score (nSPS) is 13.8. The van der Waals surface area contributed by atoms with E-state index in [0.717, 1.165) is 17.4 Å². The lowest BCUT2D eigenvalue weighted by Crippen LogP contribution is -2.46. The number of likely N-dealkylation sites (N-methyl/N-ethyl adjacent to an activating group) is 1. The number of hydrogen-bond acceptors (Lipinski definition) is 4. The second-order valence-corrected chi connectivity index (χ2v) is 4.97. The molecule has 1 aliphatic rings. The first-order valence-electron chi connectivity index (χ1n) is 7.22. The molecule has 1 atom stereocenters. The topological polar surface area (TPSA) is 92.5 Å². The Balaban J connectivity index is 0.00000116. The van der Waals surface area contributed by atoms with Crippen molar-refractivity contribution in [2.75, 3.05) is 14.1 Å². The number of nitrogens with two attached hydrogens (primary N) is 1. The summed E-state index contributed by atoms with van der Waals surface area (Å²) in [5.41, 5.74) is 7.17. The number of rotatable bonds is 5. The molecule has 1 aliphatic heterocycles. The van der Waals surface area contributed by atoms with Crippen molar-refractivity contribution in [3.63, 3.8) is 0 Å². The van der Waals surface area contributed by atoms with E-state index in [1.54, 1.807) is 11.0 Å². The smallest absolute Gasteiger partial charge is 0.255 e. The van der Waals surface area contributed by atoms with E-state index in [2.05, 4.69) is 11.1 Å². The summed E-state index contributed by atoms with van der Waals surface area (Å²) in [6, 6.07) is 5.06. The van der Waals surface area contributed by atoms with Crippen molar-refractivity contribution < 1.29 is 14.4 Å². The minimum Gasteiger partial charge on any atom is -0.357 e. The van der Waals surface area contributed by atoms with Gasteiger partial charge in [0.2, 0.25) is 5.91 Å². The SMILES string of the molecule is CN.CNC(=O)C(CCC=O)N1Cc2cc(C)ccc2C1=O. The quantitative estimate of drug-likeness (QED) is 0.780. The van der Waals surface area contributed by atoms with Gasteiger partial charge in [0.15, 0.2) is 0 Å². The molecule has 3 N–H and O–H groups in total. The van der Waals surface area contributed by atoms with Crippen molar-refractivity contribution in [2.45, 2.75) is 32.4 Å². The van der Waals surface area contributed by atoms with Gasteiger partial charge in [-0.1, -0.05) is 17.7 Å². The summed E-state index contributed by atoms with van der Waals surface area (Å²) in [7, 11) is 3.04. The Morgan fingerprint density at radius 2 is 2.14 bits per heavy atom. The fourth-order valence-electron chi connectivity index (χ4n) is 2.54. The van der Waals surface area contributed by atoms with Crippen molar-refractivity contribution in [1.29, 1.82) is 0 Å². The molecule has 22 heavy (non-hydrogen) atoms. The molecular formula is C16H23N3O3. The minimum absolute atomic E-state index is 0.139. The van der Waals surface area contributed by atoms with Gasteiger partial charge in [0.1, 0.15) is 12.3 Å². The molecule has 2 rings (SSSR count). The molecule has 120 valence electrons. The second kappa shape index (κ2) is 8.29. The van der Waals surface area contributed by atoms with Crippen molar-refractivity contribution in [2.24, 2.45) is 5.73 Å². The highest BCUT2D eigenvalue weighted by Crippen LogP contribution is 2.26. The summed E-state index contributed by atoms with van der Waals surface area (Å²) in [6.07, 6.45) is 1.38. The molecule has 1 aromatic carbocycles. The molecule has 0 fully saturated rings. The highest BCUT2D eigenvalue weighted by atomic mass is 16.2. The Morgan fingerprint density at radius 3 is 2.73 bits per heavy atom. The van der Waals surface area contributed by atoms with Gasteiger partial charge in [-0.2, -0.15) is 0 Å². The summed E-state index contributed by atoms with van der Waals surface area (Å²) in [5.74, 6) is -0.371. The summed E-state index contributed by atoms with van der Waals surface area (Å²) in [4.78, 5) is 36.4. The molecule has 6 heteroatoms. The number of carbonyl (C=O) groups is 3. The van der Waals surface area contributed by atoms with Crippen LogP contribution in [0.3, 0.4) is 0 Å². The fraction of sp³-hybridized carbons (Fsp3) is 0.438. The third-order valence-electron chi connectivity index (χ3n) is 3.58. The van der Waals surface area contributed by atoms with Crippen LogP contribution in [-0.4, -0.2) is 43.1 Å². The molecule has 2 amide bonds. The van der Waals surface area contributed by atoms with E-state index in [4.69, 9.17) is 0 Å². The predicted octanol–water partition coefficient (Wildman–Crippen LogP) is 0.619. The van der Waals surface area contributed by atoms with Gasteiger partial charge in [0.25, 0.3) is 5.91 Å². The molecule has 0 aromatic heterocycles. The zero-order chi connectivity index (χ0) is 16.7. The first kappa shape index (κ1) is 17.8. The number of fused-ring (bicyclic) bond motifs is 1. The first-order valence-corrected chi connectivity index (χ1v) is 7.22. The Bertz CT molecular complexity index is 558. The number of amides is 2. The molecule has 6 nitrogen and oxygen atoms in total. The molecule has 1 unspecified atom stereocenters. The molecule has 1 aromatic rings. The van der Waals surface area contributed by atoms with E-state index < -0.39 is 6.04 Å². The summed E-state index contributed by atoms with van der Waals surface area (Å²) < 4.78 is 0. The number of nitrogens with zero attached hydrogens (tertiary/aromatic N) is 1. The van der Waals surface area contributed by atoms with E-state index in [0.29, 0.717) is 18.5 Å². The number of nitrogens with one attached hydrogen (secondary N) is 1. The lowest BCUT2D eigenvalue weighted by Gasteiger charge is -2.25. The van der Waals surface area contributed by atoms with E-state index in [9.17, 15) is 14.4 Å². The predicted molar refractivity (Wildman–Crippen MR) is 84.3 cm³/mol. The fourth-order valence-corrected chi connectivity index (χ4v) is 2.54. The molecule has 0 saturated carbocycles. The minimum atomic E-state index is -0.592. The molecule has 0 spiro atoms. The van der Waals surface area contributed by atoms with Crippen LogP contribution in [0.1, 0.15) is 34.3 Å². The van der Waals surface area contributed by atoms with Gasteiger partial charge in [0.05, 0.1) is 0 Å². The van der Waals surface area contributed by atoms with Crippen LogP contribution < -0.4 is 11.1 Å². The molecule has 0 aliphatic carbocycles. The van der Waals surface area contributed by atoms with Crippen molar-refractivity contribution >= 4 is 18.1 Å². The van der Waals surface area contributed by atoms with Gasteiger partial charge >= 0.3 is 0 Å². The van der Waals surface area contributed by atoms with Crippen LogP contribution in [0.5, 0.6) is 0 Å². The summed E-state index contributed by atoms with van der Waals surface area (Å²) in [6.45, 7) is 2.39. The zero-order valence-corrected chi connectivity index (χ0v) is 13.3. The zero-order valence-electron chi connectivity index (χ0n) is 13.3. The number of aryl methyl sites for hydroxylation is 1. The third kappa shape index (κ3) is 3.71. The van der Waals surface area contributed by atoms with Crippen LogP contribution in [0.2, 0.25) is 0 Å². The van der Waals surface area contributed by atoms with Crippen molar-refractivity contribution in [3.05, 3.63) is 34.9 Å². The molecule has 1 heterocycles. The number of carbonyl (C=O) groups excluding carboxylic acids is 3. The van der Waals surface area contributed by atoms with Gasteiger partial charge < -0.3 is 20.7 Å². The molecular weight excluding hydrogens is 282 g/mol. The molecule has 0 radical (unpaired) electrons. The van der Waals surface area contributed by atoms with Crippen LogP contribution in [0.4, 0.5) is 0 Å². The third-order valence-corrected chi connectivity index (χ3v) is 3.58. The standard InChI is InChI=1S/C15H18N2O3.CH5N/c1-10-5-6-12-11(8-10)9-17(15(12)20)13(4-3-7-18)14(19)16-2;1-2/h5-8,13H,3-4,9H2,1-2H3,(H,16,19);2H2,1H3. The number of aldehydes is 1. The van der Waals surface area contributed by atoms with Gasteiger partial charge in [-0.15, -0.1) is 0 Å². The Kier molecular flexibility index (Phi) is 6.72. The number of benzene rings is 1. The van der Waals surface area contributed by atoms with Gasteiger partial charge in [-0.3, -0.25) is 9.59 Å². The average Bonchev–Trinajstić information content (AvgIpc) is 2.85.